The summed E-state index contributed by atoms with van der Waals surface area (Å²) in [5.74, 6) is 0.247. The fourth-order valence-corrected chi connectivity index (χ4v) is 4.63. The van der Waals surface area contributed by atoms with E-state index in [0.717, 1.165) is 17.5 Å². The molecule has 1 aromatic carbocycles. The van der Waals surface area contributed by atoms with Crippen LogP contribution < -0.4 is 0 Å². The van der Waals surface area contributed by atoms with Gasteiger partial charge in [-0.15, -0.1) is 0 Å². The second-order valence-electron chi connectivity index (χ2n) is 7.65. The summed E-state index contributed by atoms with van der Waals surface area (Å²) in [5, 5.41) is 0. The zero-order valence-corrected chi connectivity index (χ0v) is 15.7. The second kappa shape index (κ2) is 5.56. The van der Waals surface area contributed by atoms with E-state index in [9.17, 15) is 4.79 Å². The molecular weight excluding hydrogens is 304 g/mol. The lowest BCUT2D eigenvalue weighted by atomic mass is 9.90. The number of carbonyl (C=O) groups is 1. The molecule has 0 amide bonds. The average Bonchev–Trinajstić information content (AvgIpc) is 3.10. The molecule has 3 aliphatic rings. The quantitative estimate of drug-likeness (QED) is 0.547. The van der Waals surface area contributed by atoms with Crippen molar-refractivity contribution in [3.05, 3.63) is 80.9 Å². The van der Waals surface area contributed by atoms with Gasteiger partial charge in [-0.05, 0) is 85.5 Å². The van der Waals surface area contributed by atoms with Crippen LogP contribution in [0, 0.1) is 34.6 Å². The summed E-state index contributed by atoms with van der Waals surface area (Å²) in [6, 6.07) is 13.1. The van der Waals surface area contributed by atoms with Gasteiger partial charge in [0.25, 0.3) is 0 Å². The lowest BCUT2D eigenvalue weighted by Gasteiger charge is -2.12. The summed E-state index contributed by atoms with van der Waals surface area (Å²) in [4.78, 5) is 13.3. The highest BCUT2D eigenvalue weighted by atomic mass is 16.1. The van der Waals surface area contributed by atoms with E-state index in [1.165, 1.54) is 44.5 Å². The number of ketones is 1. The van der Waals surface area contributed by atoms with Gasteiger partial charge >= 0.3 is 0 Å². The van der Waals surface area contributed by atoms with Crippen LogP contribution in [0.15, 0.2) is 36.4 Å². The Kier molecular flexibility index (Phi) is 3.57. The maximum atomic E-state index is 13.3. The summed E-state index contributed by atoms with van der Waals surface area (Å²) in [6.07, 6.45) is 0.830. The van der Waals surface area contributed by atoms with Crippen molar-refractivity contribution in [2.24, 2.45) is 0 Å². The van der Waals surface area contributed by atoms with Crippen LogP contribution in [-0.4, -0.2) is 5.78 Å². The van der Waals surface area contributed by atoms with Gasteiger partial charge in [0, 0.05) is 5.56 Å². The number of hydrogen-bond acceptors (Lipinski definition) is 1. The normalized spacial score (nSPS) is 16.5. The third-order valence-corrected chi connectivity index (χ3v) is 5.80. The zero-order chi connectivity index (χ0) is 17.9. The van der Waals surface area contributed by atoms with Crippen molar-refractivity contribution >= 4 is 5.78 Å². The molecule has 1 heteroatoms. The molecule has 0 spiro atoms. The molecule has 3 aliphatic carbocycles. The van der Waals surface area contributed by atoms with Crippen LogP contribution in [0.4, 0.5) is 0 Å². The van der Waals surface area contributed by atoms with Gasteiger partial charge in [0.1, 0.15) is 0 Å². The minimum absolute atomic E-state index is 0.0480. The SMILES string of the molecule is Cc1cc(C)c2ccc(C3Cc4c(C)ccc(C)c4C3=O)c-2c(C)c1. The minimum atomic E-state index is -0.0480. The van der Waals surface area contributed by atoms with E-state index in [1.807, 2.05) is 0 Å². The van der Waals surface area contributed by atoms with Crippen LogP contribution in [0.25, 0.3) is 11.1 Å². The maximum absolute atomic E-state index is 13.3. The summed E-state index contributed by atoms with van der Waals surface area (Å²) < 4.78 is 0. The van der Waals surface area contributed by atoms with Gasteiger partial charge in [-0.3, -0.25) is 4.79 Å². The summed E-state index contributed by atoms with van der Waals surface area (Å²) >= 11 is 0. The van der Waals surface area contributed by atoms with Crippen LogP contribution in [0.5, 0.6) is 0 Å². The molecule has 0 heterocycles. The molecule has 0 N–H and O–H groups in total. The predicted octanol–water partition coefficient (Wildman–Crippen LogP) is 5.86. The van der Waals surface area contributed by atoms with E-state index in [1.54, 1.807) is 0 Å². The third kappa shape index (κ3) is 2.33. The minimum Gasteiger partial charge on any atom is -0.293 e. The number of fused-ring (bicyclic) bond motifs is 2. The van der Waals surface area contributed by atoms with Gasteiger partial charge in [0.05, 0.1) is 5.92 Å². The van der Waals surface area contributed by atoms with Gasteiger partial charge < -0.3 is 0 Å². The molecule has 0 aromatic heterocycles. The van der Waals surface area contributed by atoms with Gasteiger partial charge in [0.15, 0.2) is 5.78 Å². The van der Waals surface area contributed by atoms with Crippen molar-refractivity contribution in [3.8, 4) is 11.1 Å². The molecule has 1 nitrogen and oxygen atoms in total. The van der Waals surface area contributed by atoms with E-state index in [0.29, 0.717) is 5.78 Å². The molecular formula is C24H24O. The molecule has 126 valence electrons. The average molecular weight is 328 g/mol. The Bertz CT molecular complexity index is 994. The topological polar surface area (TPSA) is 17.1 Å². The van der Waals surface area contributed by atoms with E-state index < -0.39 is 0 Å². The van der Waals surface area contributed by atoms with E-state index in [4.69, 9.17) is 0 Å². The van der Waals surface area contributed by atoms with Crippen LogP contribution in [0.2, 0.25) is 0 Å². The first-order chi connectivity index (χ1) is 11.9. The molecule has 0 saturated carbocycles. The van der Waals surface area contributed by atoms with Gasteiger partial charge in [-0.2, -0.15) is 0 Å². The highest BCUT2D eigenvalue weighted by molar-refractivity contribution is 6.08. The molecule has 1 aromatic rings. The van der Waals surface area contributed by atoms with Crippen molar-refractivity contribution in [2.45, 2.75) is 47.0 Å². The van der Waals surface area contributed by atoms with Crippen molar-refractivity contribution in [2.75, 3.05) is 0 Å². The second-order valence-corrected chi connectivity index (χ2v) is 7.65. The summed E-state index contributed by atoms with van der Waals surface area (Å²) in [7, 11) is 0. The molecule has 4 rings (SSSR count). The Labute approximate surface area is 150 Å². The van der Waals surface area contributed by atoms with Gasteiger partial charge in [-0.1, -0.05) is 42.0 Å². The Morgan fingerprint density at radius 2 is 1.44 bits per heavy atom. The smallest absolute Gasteiger partial charge is 0.171 e. The Balaban J connectivity index is 1.91. The Morgan fingerprint density at radius 3 is 2.16 bits per heavy atom. The fourth-order valence-electron chi connectivity index (χ4n) is 4.63. The molecule has 0 bridgehead atoms. The van der Waals surface area contributed by atoms with Crippen LogP contribution in [0.3, 0.4) is 0 Å². The van der Waals surface area contributed by atoms with Gasteiger partial charge in [-0.25, -0.2) is 0 Å². The molecule has 0 saturated heterocycles. The summed E-state index contributed by atoms with van der Waals surface area (Å²) in [6.45, 7) is 10.7. The van der Waals surface area contributed by atoms with Gasteiger partial charge in [0.2, 0.25) is 0 Å². The third-order valence-electron chi connectivity index (χ3n) is 5.80. The first-order valence-electron chi connectivity index (χ1n) is 9.02. The Hall–Kier alpha value is -2.41. The monoisotopic (exact) mass is 328 g/mol. The number of rotatable bonds is 1. The van der Waals surface area contributed by atoms with E-state index in [-0.39, 0.29) is 5.92 Å². The van der Waals surface area contributed by atoms with E-state index >= 15 is 0 Å². The Morgan fingerprint density at radius 1 is 0.760 bits per heavy atom. The molecule has 1 atom stereocenters. The highest BCUT2D eigenvalue weighted by Crippen LogP contribution is 2.44. The fraction of sp³-hybridized carbons (Fsp3) is 0.292. The molecule has 1 unspecified atom stereocenters. The lowest BCUT2D eigenvalue weighted by molar-refractivity contribution is 0.0972. The maximum Gasteiger partial charge on any atom is 0.171 e. The largest absolute Gasteiger partial charge is 0.293 e. The molecule has 0 radical (unpaired) electrons. The lowest BCUT2D eigenvalue weighted by Crippen LogP contribution is -2.08. The number of Topliss-reactive ketones (excluding diaryl/α,β-unsaturated/α-hetero) is 1. The van der Waals surface area contributed by atoms with E-state index in [2.05, 4.69) is 71.0 Å². The molecule has 0 aliphatic heterocycles. The zero-order valence-electron chi connectivity index (χ0n) is 15.7. The highest BCUT2D eigenvalue weighted by Gasteiger charge is 2.36. The first-order valence-corrected chi connectivity index (χ1v) is 9.02. The van der Waals surface area contributed by atoms with Crippen LogP contribution in [-0.2, 0) is 6.42 Å². The first kappa shape index (κ1) is 16.1. The van der Waals surface area contributed by atoms with Crippen molar-refractivity contribution in [1.82, 2.24) is 0 Å². The van der Waals surface area contributed by atoms with Crippen molar-refractivity contribution < 1.29 is 4.79 Å². The molecule has 0 fully saturated rings. The number of carbonyl (C=O) groups excluding carboxylic acids is 1. The predicted molar refractivity (Wildman–Crippen MR) is 104 cm³/mol. The van der Waals surface area contributed by atoms with Crippen LogP contribution >= 0.6 is 0 Å². The van der Waals surface area contributed by atoms with Crippen LogP contribution in [0.1, 0.15) is 55.2 Å². The molecule has 25 heavy (non-hydrogen) atoms. The summed E-state index contributed by atoms with van der Waals surface area (Å²) in [5.41, 5.74) is 12.1. The number of hydrogen-bond donors (Lipinski definition) is 0. The van der Waals surface area contributed by atoms with Crippen molar-refractivity contribution in [3.63, 3.8) is 0 Å². The number of aryl methyl sites for hydroxylation is 5. The standard InChI is InChI=1S/C24H24O/c1-13-10-16(4)18-8-9-19(22(18)17(5)11-13)21-12-20-14(2)6-7-15(3)23(20)24(21)25/h6-11,21H,12H2,1-5H3. The van der Waals surface area contributed by atoms with Crippen molar-refractivity contribution in [1.29, 1.82) is 0 Å². The number of benzene rings is 1.